The van der Waals surface area contributed by atoms with E-state index in [-0.39, 0.29) is 28.3 Å². The number of aromatic nitrogens is 4. The number of phenolic OH excluding ortho intramolecular Hbond substituents is 1. The summed E-state index contributed by atoms with van der Waals surface area (Å²) in [5.74, 6) is 1.27. The Morgan fingerprint density at radius 2 is 2.03 bits per heavy atom. The fourth-order valence-corrected chi connectivity index (χ4v) is 4.23. The zero-order valence-corrected chi connectivity index (χ0v) is 18.8. The lowest BCUT2D eigenvalue weighted by Crippen LogP contribution is -2.45. The zero-order chi connectivity index (χ0) is 23.0. The van der Waals surface area contributed by atoms with Crippen LogP contribution in [0.15, 0.2) is 36.5 Å². The van der Waals surface area contributed by atoms with E-state index in [0.29, 0.717) is 11.3 Å². The van der Waals surface area contributed by atoms with Gasteiger partial charge in [-0.1, -0.05) is 0 Å². The molecule has 2 aromatic heterocycles. The monoisotopic (exact) mass is 450 g/mol. The molecular formula is C24H27FN6O2. The number of halogens is 1. The molecule has 1 aromatic carbocycles. The number of ether oxygens (including phenoxy) is 1. The van der Waals surface area contributed by atoms with Crippen LogP contribution in [-0.4, -0.2) is 57.8 Å². The predicted octanol–water partition coefficient (Wildman–Crippen LogP) is 3.42. The molecule has 0 bridgehead atoms. The van der Waals surface area contributed by atoms with Gasteiger partial charge in [0.1, 0.15) is 11.6 Å². The number of methoxy groups -OCH3 is 1. The van der Waals surface area contributed by atoms with Gasteiger partial charge in [0.15, 0.2) is 5.82 Å². The molecule has 2 fully saturated rings. The second kappa shape index (κ2) is 8.55. The highest BCUT2D eigenvalue weighted by Crippen LogP contribution is 2.36. The molecule has 0 radical (unpaired) electrons. The molecule has 1 aliphatic carbocycles. The van der Waals surface area contributed by atoms with Gasteiger partial charge in [0.05, 0.1) is 19.0 Å². The van der Waals surface area contributed by atoms with Crippen molar-refractivity contribution in [2.75, 3.05) is 31.6 Å². The zero-order valence-electron chi connectivity index (χ0n) is 18.8. The smallest absolute Gasteiger partial charge is 0.233 e. The van der Waals surface area contributed by atoms with Crippen molar-refractivity contribution in [2.24, 2.45) is 5.92 Å². The van der Waals surface area contributed by atoms with Crippen LogP contribution in [0.2, 0.25) is 0 Å². The van der Waals surface area contributed by atoms with Crippen molar-refractivity contribution >= 4 is 5.82 Å². The summed E-state index contributed by atoms with van der Waals surface area (Å²) in [6, 6.07) is 7.81. The molecule has 1 atom stereocenters. The third kappa shape index (κ3) is 4.59. The van der Waals surface area contributed by atoms with E-state index in [2.05, 4.69) is 37.5 Å². The van der Waals surface area contributed by atoms with Crippen LogP contribution in [0.25, 0.3) is 22.4 Å². The molecular weight excluding hydrogens is 423 g/mol. The maximum absolute atomic E-state index is 14.9. The summed E-state index contributed by atoms with van der Waals surface area (Å²) in [5.41, 5.74) is 1.41. The van der Waals surface area contributed by atoms with Gasteiger partial charge in [0.2, 0.25) is 5.88 Å². The molecule has 33 heavy (non-hydrogen) atoms. The van der Waals surface area contributed by atoms with Gasteiger partial charge in [-0.2, -0.15) is 5.10 Å². The Hall–Kier alpha value is -3.33. The van der Waals surface area contributed by atoms with E-state index < -0.39 is 5.82 Å². The maximum Gasteiger partial charge on any atom is 0.233 e. The van der Waals surface area contributed by atoms with Gasteiger partial charge in [0, 0.05) is 41.4 Å². The minimum absolute atomic E-state index is 0.0741. The van der Waals surface area contributed by atoms with Crippen LogP contribution in [0, 0.1) is 11.7 Å². The fourth-order valence-electron chi connectivity index (χ4n) is 4.23. The molecule has 0 spiro atoms. The number of phenols is 1. The third-order valence-electron chi connectivity index (χ3n) is 6.48. The Balaban J connectivity index is 1.33. The Labute approximate surface area is 191 Å². The standard InChI is InChI=1S/C24H27FN6O2/c1-24(26-12-15-3-4-15)7-8-31(14-24)22-6-5-20(28-29-22)18-10-19(25)17(11-21(18)32)16-9-23(33-2)30-27-13-16/h5-6,9-11,13,15,26,32H,3-4,7-8,12,14H2,1-2H3/t24-/m1/s1. The molecule has 0 unspecified atom stereocenters. The van der Waals surface area contributed by atoms with Crippen molar-refractivity contribution < 1.29 is 14.2 Å². The van der Waals surface area contributed by atoms with E-state index >= 15 is 0 Å². The van der Waals surface area contributed by atoms with Crippen molar-refractivity contribution in [1.82, 2.24) is 25.7 Å². The van der Waals surface area contributed by atoms with Gasteiger partial charge in [0.25, 0.3) is 0 Å². The molecule has 5 rings (SSSR count). The second-order valence-corrected chi connectivity index (χ2v) is 9.17. The highest BCUT2D eigenvalue weighted by molar-refractivity contribution is 5.75. The Morgan fingerprint density at radius 3 is 2.76 bits per heavy atom. The van der Waals surface area contributed by atoms with E-state index in [1.807, 2.05) is 6.07 Å². The largest absolute Gasteiger partial charge is 0.507 e. The van der Waals surface area contributed by atoms with Crippen LogP contribution in [-0.2, 0) is 0 Å². The predicted molar refractivity (Wildman–Crippen MR) is 123 cm³/mol. The summed E-state index contributed by atoms with van der Waals surface area (Å²) >= 11 is 0. The highest BCUT2D eigenvalue weighted by atomic mass is 19.1. The first-order valence-electron chi connectivity index (χ1n) is 11.2. The molecule has 9 heteroatoms. The lowest BCUT2D eigenvalue weighted by molar-refractivity contribution is 0.383. The summed E-state index contributed by atoms with van der Waals surface area (Å²) in [7, 11) is 1.46. The van der Waals surface area contributed by atoms with Gasteiger partial charge in [-0.05, 0) is 62.9 Å². The average molecular weight is 451 g/mol. The number of nitrogens with zero attached hydrogens (tertiary/aromatic N) is 5. The van der Waals surface area contributed by atoms with Crippen LogP contribution in [0.4, 0.5) is 10.2 Å². The van der Waals surface area contributed by atoms with Gasteiger partial charge in [-0.25, -0.2) is 4.39 Å². The quantitative estimate of drug-likeness (QED) is 0.565. The number of hydrogen-bond acceptors (Lipinski definition) is 8. The van der Waals surface area contributed by atoms with Gasteiger partial charge >= 0.3 is 0 Å². The van der Waals surface area contributed by atoms with Crippen LogP contribution in [0.1, 0.15) is 26.2 Å². The number of nitrogens with one attached hydrogen (secondary N) is 1. The molecule has 3 aromatic rings. The van der Waals surface area contributed by atoms with Crippen molar-refractivity contribution in [3.63, 3.8) is 0 Å². The Bertz CT molecular complexity index is 1150. The molecule has 172 valence electrons. The molecule has 3 heterocycles. The van der Waals surface area contributed by atoms with E-state index in [9.17, 15) is 9.50 Å². The van der Waals surface area contributed by atoms with Gasteiger partial charge in [-0.3, -0.25) is 0 Å². The first-order chi connectivity index (χ1) is 15.9. The molecule has 0 amide bonds. The summed E-state index contributed by atoms with van der Waals surface area (Å²) in [4.78, 5) is 2.21. The van der Waals surface area contributed by atoms with Crippen molar-refractivity contribution in [2.45, 2.75) is 31.7 Å². The minimum Gasteiger partial charge on any atom is -0.507 e. The van der Waals surface area contributed by atoms with Crippen LogP contribution >= 0.6 is 0 Å². The number of rotatable bonds is 7. The van der Waals surface area contributed by atoms with Gasteiger partial charge in [-0.15, -0.1) is 15.3 Å². The summed E-state index contributed by atoms with van der Waals surface area (Å²) in [6.07, 6.45) is 5.13. The summed E-state index contributed by atoms with van der Waals surface area (Å²) in [5, 5.41) is 30.5. The molecule has 1 aliphatic heterocycles. The lowest BCUT2D eigenvalue weighted by Gasteiger charge is -2.26. The lowest BCUT2D eigenvalue weighted by atomic mass is 10.0. The van der Waals surface area contributed by atoms with Crippen molar-refractivity contribution in [3.05, 3.63) is 42.3 Å². The molecule has 1 saturated carbocycles. The normalized spacial score (nSPS) is 20.3. The second-order valence-electron chi connectivity index (χ2n) is 9.17. The summed E-state index contributed by atoms with van der Waals surface area (Å²) in [6.45, 7) is 5.11. The number of benzene rings is 1. The third-order valence-corrected chi connectivity index (χ3v) is 6.48. The number of hydrogen-bond donors (Lipinski definition) is 2. The van der Waals surface area contributed by atoms with Crippen LogP contribution in [0.3, 0.4) is 0 Å². The van der Waals surface area contributed by atoms with E-state index in [0.717, 1.165) is 37.8 Å². The van der Waals surface area contributed by atoms with Crippen molar-refractivity contribution in [3.8, 4) is 34.0 Å². The van der Waals surface area contributed by atoms with Crippen LogP contribution in [0.5, 0.6) is 11.6 Å². The van der Waals surface area contributed by atoms with Crippen LogP contribution < -0.4 is 15.0 Å². The SMILES string of the molecule is COc1cc(-c2cc(O)c(-c3ccc(N4CC[C@@](C)(NCC5CC5)C4)nn3)cc2F)cnn1. The molecule has 2 N–H and O–H groups in total. The van der Waals surface area contributed by atoms with E-state index in [1.165, 1.54) is 38.3 Å². The maximum atomic E-state index is 14.9. The Kier molecular flexibility index (Phi) is 5.57. The molecule has 2 aliphatic rings. The average Bonchev–Trinajstić information content (AvgIpc) is 3.59. The number of aromatic hydroxyl groups is 1. The first kappa shape index (κ1) is 21.5. The first-order valence-corrected chi connectivity index (χ1v) is 11.2. The molecule has 8 nitrogen and oxygen atoms in total. The minimum atomic E-state index is -0.513. The van der Waals surface area contributed by atoms with E-state index in [1.54, 1.807) is 12.1 Å². The van der Waals surface area contributed by atoms with E-state index in [4.69, 9.17) is 4.74 Å². The number of anilines is 1. The Morgan fingerprint density at radius 1 is 1.18 bits per heavy atom. The van der Waals surface area contributed by atoms with Gasteiger partial charge < -0.3 is 20.1 Å². The topological polar surface area (TPSA) is 96.3 Å². The highest BCUT2D eigenvalue weighted by Gasteiger charge is 2.35. The summed E-state index contributed by atoms with van der Waals surface area (Å²) < 4.78 is 20.0. The van der Waals surface area contributed by atoms with Crippen molar-refractivity contribution in [1.29, 1.82) is 0 Å². The molecule has 1 saturated heterocycles. The fraction of sp³-hybridized carbons (Fsp3) is 0.417.